The summed E-state index contributed by atoms with van der Waals surface area (Å²) in [6.07, 6.45) is 5.98. The Hall–Kier alpha value is -2.31. The summed E-state index contributed by atoms with van der Waals surface area (Å²) >= 11 is 12.1. The van der Waals surface area contributed by atoms with Gasteiger partial charge in [-0.1, -0.05) is 43.1 Å². The molecule has 8 heteroatoms. The highest BCUT2D eigenvalue weighted by Crippen LogP contribution is 2.21. The van der Waals surface area contributed by atoms with Crippen molar-refractivity contribution in [3.05, 3.63) is 57.7 Å². The number of halogens is 2. The van der Waals surface area contributed by atoms with Crippen LogP contribution < -0.4 is 15.5 Å². The minimum absolute atomic E-state index is 0.220. The highest BCUT2D eigenvalue weighted by molar-refractivity contribution is 6.36. The molecule has 1 aliphatic rings. The molecule has 0 radical (unpaired) electrons. The van der Waals surface area contributed by atoms with Crippen LogP contribution in [0.5, 0.6) is 0 Å². The van der Waals surface area contributed by atoms with Crippen LogP contribution in [0.15, 0.2) is 36.5 Å². The van der Waals surface area contributed by atoms with Crippen LogP contribution in [0.4, 0.5) is 5.82 Å². The zero-order chi connectivity index (χ0) is 23.1. The van der Waals surface area contributed by atoms with Gasteiger partial charge >= 0.3 is 0 Å². The molecule has 6 nitrogen and oxygen atoms in total. The first-order chi connectivity index (χ1) is 15.3. The van der Waals surface area contributed by atoms with E-state index in [4.69, 9.17) is 23.2 Å². The van der Waals surface area contributed by atoms with Gasteiger partial charge in [0, 0.05) is 30.9 Å². The minimum Gasteiger partial charge on any atom is -0.357 e. The topological polar surface area (TPSA) is 74.3 Å². The molecular formula is C24H30Cl2N4O2. The molecule has 1 aromatic carbocycles. The van der Waals surface area contributed by atoms with Gasteiger partial charge in [-0.15, -0.1) is 0 Å². The Kier molecular flexibility index (Phi) is 8.76. The van der Waals surface area contributed by atoms with Crippen LogP contribution in [0.25, 0.3) is 0 Å². The van der Waals surface area contributed by atoms with E-state index in [0.29, 0.717) is 18.0 Å². The molecule has 2 N–H and O–H groups in total. The number of benzene rings is 1. The van der Waals surface area contributed by atoms with Gasteiger partial charge in [0.25, 0.3) is 5.91 Å². The summed E-state index contributed by atoms with van der Waals surface area (Å²) in [6.45, 7) is 6.43. The molecule has 0 bridgehead atoms. The van der Waals surface area contributed by atoms with Gasteiger partial charge in [-0.2, -0.15) is 0 Å². The Morgan fingerprint density at radius 3 is 2.47 bits per heavy atom. The molecule has 0 saturated carbocycles. The van der Waals surface area contributed by atoms with Gasteiger partial charge in [-0.3, -0.25) is 9.59 Å². The van der Waals surface area contributed by atoms with E-state index in [9.17, 15) is 9.59 Å². The fraction of sp³-hybridized carbons (Fsp3) is 0.458. The number of amides is 2. The normalized spacial score (nSPS) is 14.8. The van der Waals surface area contributed by atoms with E-state index in [1.54, 1.807) is 18.3 Å². The molecule has 1 unspecified atom stereocenters. The van der Waals surface area contributed by atoms with Crippen LogP contribution in [0.1, 0.15) is 55.5 Å². The summed E-state index contributed by atoms with van der Waals surface area (Å²) in [6, 6.07) is 7.98. The van der Waals surface area contributed by atoms with Crippen molar-refractivity contribution >= 4 is 40.8 Å². The molecule has 0 spiro atoms. The molecular weight excluding hydrogens is 447 g/mol. The van der Waals surface area contributed by atoms with E-state index in [1.165, 1.54) is 25.3 Å². The van der Waals surface area contributed by atoms with Crippen LogP contribution in [0.3, 0.4) is 0 Å². The van der Waals surface area contributed by atoms with E-state index in [1.807, 2.05) is 26.0 Å². The molecule has 1 aliphatic heterocycles. The second-order valence-electron chi connectivity index (χ2n) is 8.57. The number of nitrogens with zero attached hydrogens (tertiary/aromatic N) is 2. The van der Waals surface area contributed by atoms with Crippen LogP contribution >= 0.6 is 23.2 Å². The standard InChI is InChI=1S/C24H30Cl2N4O2/c1-16(2)12-21(29-23(31)19-8-7-18(25)13-20(19)26)24(32)28-15-17-6-9-22(27-14-17)30-10-4-3-5-11-30/h6-9,13-14,16,21H,3-5,10-12,15H2,1-2H3,(H,28,32)(H,29,31). The van der Waals surface area contributed by atoms with Gasteiger partial charge in [-0.05, 0) is 61.4 Å². The number of hydrogen-bond acceptors (Lipinski definition) is 4. The van der Waals surface area contributed by atoms with Gasteiger partial charge in [0.05, 0.1) is 10.6 Å². The summed E-state index contributed by atoms with van der Waals surface area (Å²) < 4.78 is 0. The number of piperidine rings is 1. The van der Waals surface area contributed by atoms with Gasteiger partial charge in [0.1, 0.15) is 11.9 Å². The summed E-state index contributed by atoms with van der Waals surface area (Å²) in [4.78, 5) is 32.4. The van der Waals surface area contributed by atoms with Crippen molar-refractivity contribution in [2.75, 3.05) is 18.0 Å². The number of carbonyl (C=O) groups is 2. The van der Waals surface area contributed by atoms with Crippen LogP contribution in [-0.2, 0) is 11.3 Å². The summed E-state index contributed by atoms with van der Waals surface area (Å²) in [5, 5.41) is 6.43. The molecule has 1 fully saturated rings. The van der Waals surface area contributed by atoms with Gasteiger partial charge in [0.2, 0.25) is 5.91 Å². The maximum absolute atomic E-state index is 12.9. The SMILES string of the molecule is CC(C)CC(NC(=O)c1ccc(Cl)cc1Cl)C(=O)NCc1ccc(N2CCCCC2)nc1. The molecule has 1 saturated heterocycles. The van der Waals surface area contributed by atoms with Gasteiger partial charge in [0.15, 0.2) is 0 Å². The van der Waals surface area contributed by atoms with E-state index in [2.05, 4.69) is 20.5 Å². The second-order valence-corrected chi connectivity index (χ2v) is 9.41. The molecule has 1 atom stereocenters. The first-order valence-corrected chi connectivity index (χ1v) is 11.8. The summed E-state index contributed by atoms with van der Waals surface area (Å²) in [5.41, 5.74) is 1.20. The minimum atomic E-state index is -0.671. The van der Waals surface area contributed by atoms with E-state index >= 15 is 0 Å². The van der Waals surface area contributed by atoms with Crippen molar-refractivity contribution < 1.29 is 9.59 Å². The molecule has 2 amide bonds. The zero-order valence-corrected chi connectivity index (χ0v) is 20.0. The lowest BCUT2D eigenvalue weighted by molar-refractivity contribution is -0.123. The van der Waals surface area contributed by atoms with Crippen molar-refractivity contribution in [2.45, 2.75) is 52.1 Å². The molecule has 172 valence electrons. The first-order valence-electron chi connectivity index (χ1n) is 11.1. The third kappa shape index (κ3) is 6.84. The Labute approximate surface area is 199 Å². The fourth-order valence-corrected chi connectivity index (χ4v) is 4.25. The number of carbonyl (C=O) groups excluding carboxylic acids is 2. The average molecular weight is 477 g/mol. The van der Waals surface area contributed by atoms with Gasteiger partial charge < -0.3 is 15.5 Å². The third-order valence-corrected chi connectivity index (χ3v) is 6.01. The largest absolute Gasteiger partial charge is 0.357 e. The number of anilines is 1. The fourth-order valence-electron chi connectivity index (χ4n) is 3.76. The maximum Gasteiger partial charge on any atom is 0.253 e. The average Bonchev–Trinajstić information content (AvgIpc) is 2.77. The van der Waals surface area contributed by atoms with E-state index in [-0.39, 0.29) is 22.4 Å². The van der Waals surface area contributed by atoms with Crippen LogP contribution in [0.2, 0.25) is 10.0 Å². The smallest absolute Gasteiger partial charge is 0.253 e. The molecule has 32 heavy (non-hydrogen) atoms. The molecule has 1 aromatic heterocycles. The Balaban J connectivity index is 1.59. The zero-order valence-electron chi connectivity index (χ0n) is 18.5. The predicted molar refractivity (Wildman–Crippen MR) is 129 cm³/mol. The van der Waals surface area contributed by atoms with Crippen molar-refractivity contribution in [1.82, 2.24) is 15.6 Å². The first kappa shape index (κ1) is 24.3. The van der Waals surface area contributed by atoms with E-state index < -0.39 is 11.9 Å². The Morgan fingerprint density at radius 2 is 1.84 bits per heavy atom. The quantitative estimate of drug-likeness (QED) is 0.571. The highest BCUT2D eigenvalue weighted by atomic mass is 35.5. The highest BCUT2D eigenvalue weighted by Gasteiger charge is 2.23. The lowest BCUT2D eigenvalue weighted by Crippen LogP contribution is -2.47. The van der Waals surface area contributed by atoms with Gasteiger partial charge in [-0.25, -0.2) is 4.98 Å². The number of pyridine rings is 1. The lowest BCUT2D eigenvalue weighted by Gasteiger charge is -2.27. The van der Waals surface area contributed by atoms with Crippen molar-refractivity contribution in [2.24, 2.45) is 5.92 Å². The molecule has 3 rings (SSSR count). The van der Waals surface area contributed by atoms with Crippen molar-refractivity contribution in [1.29, 1.82) is 0 Å². The summed E-state index contributed by atoms with van der Waals surface area (Å²) in [7, 11) is 0. The third-order valence-electron chi connectivity index (χ3n) is 5.46. The Morgan fingerprint density at radius 1 is 1.09 bits per heavy atom. The van der Waals surface area contributed by atoms with Crippen LogP contribution in [0, 0.1) is 5.92 Å². The predicted octanol–water partition coefficient (Wildman–Crippen LogP) is 4.84. The number of aromatic nitrogens is 1. The molecule has 2 heterocycles. The van der Waals surface area contributed by atoms with E-state index in [0.717, 1.165) is 24.5 Å². The van der Waals surface area contributed by atoms with Crippen molar-refractivity contribution in [3.8, 4) is 0 Å². The number of rotatable bonds is 8. The molecule has 2 aromatic rings. The lowest BCUT2D eigenvalue weighted by atomic mass is 10.0. The maximum atomic E-state index is 12.9. The summed E-state index contributed by atoms with van der Waals surface area (Å²) in [5.74, 6) is 0.555. The number of nitrogens with one attached hydrogen (secondary N) is 2. The Bertz CT molecular complexity index is 928. The second kappa shape index (κ2) is 11.5. The number of hydrogen-bond donors (Lipinski definition) is 2. The van der Waals surface area contributed by atoms with Crippen LogP contribution in [-0.4, -0.2) is 35.9 Å². The van der Waals surface area contributed by atoms with Crippen molar-refractivity contribution in [3.63, 3.8) is 0 Å². The monoisotopic (exact) mass is 476 g/mol. The molecule has 0 aliphatic carbocycles.